The van der Waals surface area contributed by atoms with E-state index in [9.17, 15) is 19.2 Å². The predicted molar refractivity (Wildman–Crippen MR) is 118 cm³/mol. The summed E-state index contributed by atoms with van der Waals surface area (Å²) in [6, 6.07) is 13.3. The number of benzene rings is 2. The summed E-state index contributed by atoms with van der Waals surface area (Å²) in [6.07, 6.45) is 1.23. The van der Waals surface area contributed by atoms with Crippen LogP contribution in [-0.2, 0) is 20.9 Å². The van der Waals surface area contributed by atoms with E-state index >= 15 is 0 Å². The highest BCUT2D eigenvalue weighted by molar-refractivity contribution is 8.18. The molecule has 0 spiro atoms. The first-order chi connectivity index (χ1) is 15.2. The minimum Gasteiger partial charge on any atom is -0.489 e. The fourth-order valence-corrected chi connectivity index (χ4v) is 3.68. The Morgan fingerprint density at radius 2 is 1.84 bits per heavy atom. The third-order valence-corrected chi connectivity index (χ3v) is 5.19. The molecule has 1 saturated heterocycles. The molecule has 8 nitrogen and oxygen atoms in total. The van der Waals surface area contributed by atoms with Crippen LogP contribution in [0.25, 0.3) is 6.08 Å². The molecule has 1 fully saturated rings. The number of amides is 2. The van der Waals surface area contributed by atoms with E-state index in [1.54, 1.807) is 62.4 Å². The van der Waals surface area contributed by atoms with E-state index in [0.29, 0.717) is 11.3 Å². The number of carboxylic acids is 1. The Bertz CT molecular complexity index is 1080. The summed E-state index contributed by atoms with van der Waals surface area (Å²) in [5.74, 6) is -1.62. The van der Waals surface area contributed by atoms with Gasteiger partial charge in [0.15, 0.2) is 0 Å². The second kappa shape index (κ2) is 10.1. The van der Waals surface area contributed by atoms with Gasteiger partial charge >= 0.3 is 11.9 Å². The molecule has 1 aliphatic heterocycles. The summed E-state index contributed by atoms with van der Waals surface area (Å²) in [5.41, 5.74) is 1.59. The highest BCUT2D eigenvalue weighted by atomic mass is 32.2. The van der Waals surface area contributed by atoms with Gasteiger partial charge < -0.3 is 14.6 Å². The van der Waals surface area contributed by atoms with E-state index in [2.05, 4.69) is 0 Å². The lowest BCUT2D eigenvalue weighted by Gasteiger charge is -2.13. The molecule has 0 aliphatic carbocycles. The molecule has 2 amide bonds. The van der Waals surface area contributed by atoms with Crippen LogP contribution < -0.4 is 4.74 Å². The van der Waals surface area contributed by atoms with Crippen LogP contribution in [0.1, 0.15) is 35.3 Å². The molecule has 1 N–H and O–H groups in total. The van der Waals surface area contributed by atoms with E-state index in [4.69, 9.17) is 14.6 Å². The minimum atomic E-state index is -1.00. The molecule has 166 valence electrons. The molecule has 1 heterocycles. The maximum absolute atomic E-state index is 12.5. The highest BCUT2D eigenvalue weighted by Crippen LogP contribution is 2.32. The number of thioether (sulfide) groups is 1. The summed E-state index contributed by atoms with van der Waals surface area (Å²) in [6.45, 7) is 3.15. The number of carbonyl (C=O) groups excluding carboxylic acids is 3. The van der Waals surface area contributed by atoms with E-state index in [1.165, 1.54) is 6.07 Å². The van der Waals surface area contributed by atoms with Crippen molar-refractivity contribution in [1.82, 2.24) is 4.90 Å². The fraction of sp³-hybridized carbons (Fsp3) is 0.217. The molecule has 0 radical (unpaired) electrons. The van der Waals surface area contributed by atoms with Crippen LogP contribution in [0.4, 0.5) is 4.79 Å². The fourth-order valence-electron chi connectivity index (χ4n) is 2.84. The second-order valence-corrected chi connectivity index (χ2v) is 8.16. The Hall–Kier alpha value is -3.59. The van der Waals surface area contributed by atoms with Crippen molar-refractivity contribution in [2.45, 2.75) is 26.6 Å². The molecule has 9 heteroatoms. The number of nitrogens with zero attached hydrogens (tertiary/aromatic N) is 1. The molecule has 0 saturated carbocycles. The molecule has 2 aromatic carbocycles. The molecule has 1 aliphatic rings. The molecule has 32 heavy (non-hydrogen) atoms. The average Bonchev–Trinajstić information content (AvgIpc) is 3.00. The van der Waals surface area contributed by atoms with Gasteiger partial charge in [-0.1, -0.05) is 24.3 Å². The number of carbonyl (C=O) groups is 4. The monoisotopic (exact) mass is 455 g/mol. The van der Waals surface area contributed by atoms with Crippen molar-refractivity contribution < 1.29 is 33.8 Å². The number of hydrogen-bond donors (Lipinski definition) is 1. The molecular formula is C23H21NO7S. The summed E-state index contributed by atoms with van der Waals surface area (Å²) in [4.78, 5) is 48.5. The second-order valence-electron chi connectivity index (χ2n) is 7.17. The Labute approximate surface area is 188 Å². The van der Waals surface area contributed by atoms with Crippen LogP contribution in [-0.4, -0.2) is 45.7 Å². The molecule has 0 unspecified atom stereocenters. The summed E-state index contributed by atoms with van der Waals surface area (Å²) in [7, 11) is 0. The van der Waals surface area contributed by atoms with Crippen LogP contribution in [0.3, 0.4) is 0 Å². The molecule has 0 aromatic heterocycles. The summed E-state index contributed by atoms with van der Waals surface area (Å²) < 4.78 is 10.7. The van der Waals surface area contributed by atoms with E-state index in [-0.39, 0.29) is 23.2 Å². The normalized spacial score (nSPS) is 14.8. The molecule has 0 bridgehead atoms. The minimum absolute atomic E-state index is 0.188. The van der Waals surface area contributed by atoms with Crippen LogP contribution in [0.5, 0.6) is 5.75 Å². The lowest BCUT2D eigenvalue weighted by molar-refractivity contribution is -0.149. The van der Waals surface area contributed by atoms with E-state index in [1.807, 2.05) is 0 Å². The van der Waals surface area contributed by atoms with Gasteiger partial charge in [0, 0.05) is 0 Å². The van der Waals surface area contributed by atoms with Crippen molar-refractivity contribution in [2.24, 2.45) is 0 Å². The van der Waals surface area contributed by atoms with Gasteiger partial charge in [-0.15, -0.1) is 0 Å². The predicted octanol–water partition coefficient (Wildman–Crippen LogP) is 3.95. The van der Waals surface area contributed by atoms with Crippen LogP contribution in [0.2, 0.25) is 0 Å². The number of imide groups is 1. The number of esters is 1. The SMILES string of the molecule is CC(C)OC(=O)CN1C(=O)S/C(=C/c2ccc(OCc3cccc(C(=O)O)c3)cc2)C1=O. The van der Waals surface area contributed by atoms with Gasteiger partial charge in [0.2, 0.25) is 0 Å². The van der Waals surface area contributed by atoms with Crippen molar-refractivity contribution in [3.63, 3.8) is 0 Å². The molecular weight excluding hydrogens is 434 g/mol. The van der Waals surface area contributed by atoms with Gasteiger partial charge in [-0.05, 0) is 67.1 Å². The van der Waals surface area contributed by atoms with Gasteiger partial charge in [-0.3, -0.25) is 19.3 Å². The van der Waals surface area contributed by atoms with Crippen molar-refractivity contribution >= 4 is 40.9 Å². The van der Waals surface area contributed by atoms with Crippen LogP contribution in [0.15, 0.2) is 53.4 Å². The van der Waals surface area contributed by atoms with E-state index in [0.717, 1.165) is 22.2 Å². The Morgan fingerprint density at radius 1 is 1.12 bits per heavy atom. The zero-order chi connectivity index (χ0) is 23.3. The molecule has 2 aromatic rings. The summed E-state index contributed by atoms with van der Waals surface area (Å²) in [5, 5.41) is 8.53. The maximum Gasteiger partial charge on any atom is 0.335 e. The molecule has 3 rings (SSSR count). The number of carboxylic acid groups (broad SMARTS) is 1. The largest absolute Gasteiger partial charge is 0.489 e. The van der Waals surface area contributed by atoms with Crippen LogP contribution in [0, 0.1) is 0 Å². The van der Waals surface area contributed by atoms with Crippen LogP contribution >= 0.6 is 11.8 Å². The first-order valence-corrected chi connectivity index (χ1v) is 10.5. The topological polar surface area (TPSA) is 110 Å². The average molecular weight is 455 g/mol. The first kappa shape index (κ1) is 23.1. The first-order valence-electron chi connectivity index (χ1n) is 9.73. The lowest BCUT2D eigenvalue weighted by atomic mass is 10.1. The van der Waals surface area contributed by atoms with Crippen molar-refractivity contribution in [2.75, 3.05) is 6.54 Å². The number of ether oxygens (including phenoxy) is 2. The highest BCUT2D eigenvalue weighted by Gasteiger charge is 2.36. The standard InChI is InChI=1S/C23H21NO7S/c1-14(2)31-20(25)12-24-21(26)19(32-23(24)29)11-15-6-8-18(9-7-15)30-13-16-4-3-5-17(10-16)22(27)28/h3-11,14H,12-13H2,1-2H3,(H,27,28)/b19-11+. The maximum atomic E-state index is 12.5. The lowest BCUT2D eigenvalue weighted by Crippen LogP contribution is -2.35. The Kier molecular flexibility index (Phi) is 7.32. The Morgan fingerprint density at radius 3 is 2.50 bits per heavy atom. The summed E-state index contributed by atoms with van der Waals surface area (Å²) >= 11 is 0.764. The third kappa shape index (κ3) is 5.98. The molecule has 0 atom stereocenters. The zero-order valence-electron chi connectivity index (χ0n) is 17.4. The van der Waals surface area contributed by atoms with Crippen molar-refractivity contribution in [3.8, 4) is 5.75 Å². The number of hydrogen-bond acceptors (Lipinski definition) is 7. The van der Waals surface area contributed by atoms with Gasteiger partial charge in [0.1, 0.15) is 18.9 Å². The number of aromatic carboxylic acids is 1. The van der Waals surface area contributed by atoms with Gasteiger partial charge in [0.05, 0.1) is 16.6 Å². The number of rotatable bonds is 8. The van der Waals surface area contributed by atoms with Gasteiger partial charge in [0.25, 0.3) is 11.1 Å². The smallest absolute Gasteiger partial charge is 0.335 e. The Balaban J connectivity index is 1.61. The van der Waals surface area contributed by atoms with E-state index < -0.39 is 29.6 Å². The zero-order valence-corrected chi connectivity index (χ0v) is 18.3. The van der Waals surface area contributed by atoms with Crippen molar-refractivity contribution in [3.05, 3.63) is 70.1 Å². The van der Waals surface area contributed by atoms with Gasteiger partial charge in [-0.25, -0.2) is 4.79 Å². The van der Waals surface area contributed by atoms with Gasteiger partial charge in [-0.2, -0.15) is 0 Å². The van der Waals surface area contributed by atoms with Crippen molar-refractivity contribution in [1.29, 1.82) is 0 Å². The third-order valence-electron chi connectivity index (χ3n) is 4.29. The quantitative estimate of drug-likeness (QED) is 0.471.